The van der Waals surface area contributed by atoms with Crippen molar-refractivity contribution in [2.75, 3.05) is 31.1 Å². The summed E-state index contributed by atoms with van der Waals surface area (Å²) in [5, 5.41) is 12.8. The number of anilines is 1. The van der Waals surface area contributed by atoms with Crippen molar-refractivity contribution in [2.24, 2.45) is 0 Å². The van der Waals surface area contributed by atoms with Crippen LogP contribution in [-0.2, 0) is 6.54 Å². The number of benzene rings is 3. The third-order valence-electron chi connectivity index (χ3n) is 6.46. The van der Waals surface area contributed by atoms with Crippen molar-refractivity contribution in [1.82, 2.24) is 9.47 Å². The third kappa shape index (κ3) is 4.31. The fraction of sp³-hybridized carbons (Fsp3) is 0.185. The average molecular weight is 487 g/mol. The molecule has 1 amide bonds. The van der Waals surface area contributed by atoms with Gasteiger partial charge in [0.25, 0.3) is 5.91 Å². The van der Waals surface area contributed by atoms with Gasteiger partial charge < -0.3 is 9.80 Å². The fourth-order valence-electron chi connectivity index (χ4n) is 4.69. The van der Waals surface area contributed by atoms with E-state index in [9.17, 15) is 24.1 Å². The van der Waals surface area contributed by atoms with Crippen LogP contribution in [0.2, 0.25) is 0 Å². The lowest BCUT2D eigenvalue weighted by Gasteiger charge is -2.36. The molecule has 0 N–H and O–H groups in total. The Morgan fingerprint density at radius 2 is 1.53 bits per heavy atom. The largest absolute Gasteiger partial charge is 0.362 e. The summed E-state index contributed by atoms with van der Waals surface area (Å²) in [6, 6.07) is 21.9. The van der Waals surface area contributed by atoms with Crippen LogP contribution in [0.25, 0.3) is 10.9 Å². The summed E-state index contributed by atoms with van der Waals surface area (Å²) < 4.78 is 14.7. The Bertz CT molecular complexity index is 1490. The normalized spacial score (nSPS) is 13.7. The number of carbonyl (C=O) groups excluding carboxylic acids is 1. The molecule has 4 aromatic rings. The molecule has 9 heteroatoms. The Kier molecular flexibility index (Phi) is 6.20. The molecule has 0 spiro atoms. The first-order valence-electron chi connectivity index (χ1n) is 11.6. The Morgan fingerprint density at radius 3 is 2.19 bits per heavy atom. The molecule has 1 fully saturated rings. The molecule has 182 valence electrons. The third-order valence-corrected chi connectivity index (χ3v) is 6.46. The molecule has 2 heterocycles. The maximum absolute atomic E-state index is 13.5. The number of fused-ring (bicyclic) bond motifs is 1. The standard InChI is InChI=1S/C27H23FN4O4/c28-21-12-10-20(11-13-21)26(33)30-16-14-29(15-17-30)24-22-8-4-5-9-23(22)31(27(34)25(24)32(35)36)18-19-6-2-1-3-7-19/h1-13H,14-18H2. The minimum absolute atomic E-state index is 0.210. The van der Waals surface area contributed by atoms with Crippen LogP contribution in [0, 0.1) is 15.9 Å². The second-order valence-corrected chi connectivity index (χ2v) is 8.63. The number of para-hydroxylation sites is 1. The van der Waals surface area contributed by atoms with E-state index in [0.29, 0.717) is 42.6 Å². The SMILES string of the molecule is O=C(c1ccc(F)cc1)N1CCN(c2c([N+](=O)[O-])c(=O)n(Cc3ccccc3)c3ccccc23)CC1. The van der Waals surface area contributed by atoms with Crippen molar-refractivity contribution >= 4 is 28.2 Å². The van der Waals surface area contributed by atoms with Gasteiger partial charge in [-0.1, -0.05) is 48.5 Å². The molecule has 36 heavy (non-hydrogen) atoms. The highest BCUT2D eigenvalue weighted by Crippen LogP contribution is 2.34. The lowest BCUT2D eigenvalue weighted by molar-refractivity contribution is -0.385. The van der Waals surface area contributed by atoms with Gasteiger partial charge in [0, 0.05) is 37.1 Å². The number of halogens is 1. The number of nitrogens with zero attached hydrogens (tertiary/aromatic N) is 4. The molecule has 1 aliphatic rings. The van der Waals surface area contributed by atoms with Gasteiger partial charge in [-0.25, -0.2) is 4.39 Å². The van der Waals surface area contributed by atoms with Crippen molar-refractivity contribution in [2.45, 2.75) is 6.54 Å². The van der Waals surface area contributed by atoms with Gasteiger partial charge in [0.15, 0.2) is 0 Å². The van der Waals surface area contributed by atoms with Crippen molar-refractivity contribution in [3.63, 3.8) is 0 Å². The van der Waals surface area contributed by atoms with E-state index < -0.39 is 22.0 Å². The minimum Gasteiger partial charge on any atom is -0.362 e. The highest BCUT2D eigenvalue weighted by molar-refractivity contribution is 5.97. The van der Waals surface area contributed by atoms with Gasteiger partial charge in [0.1, 0.15) is 11.5 Å². The smallest absolute Gasteiger partial charge is 0.357 e. The van der Waals surface area contributed by atoms with Gasteiger partial charge in [-0.15, -0.1) is 0 Å². The fourth-order valence-corrected chi connectivity index (χ4v) is 4.69. The second kappa shape index (κ2) is 9.61. The number of pyridine rings is 1. The molecular formula is C27H23FN4O4. The van der Waals surface area contributed by atoms with Crippen molar-refractivity contribution < 1.29 is 14.1 Å². The van der Waals surface area contributed by atoms with E-state index in [1.807, 2.05) is 35.2 Å². The maximum atomic E-state index is 13.5. The Labute approximate surface area is 206 Å². The monoisotopic (exact) mass is 486 g/mol. The summed E-state index contributed by atoms with van der Waals surface area (Å²) in [6.45, 7) is 1.48. The van der Waals surface area contributed by atoms with Crippen LogP contribution < -0.4 is 10.5 Å². The highest BCUT2D eigenvalue weighted by Gasteiger charge is 2.32. The van der Waals surface area contributed by atoms with Crippen molar-refractivity contribution in [3.05, 3.63) is 116 Å². The molecule has 3 aromatic carbocycles. The minimum atomic E-state index is -0.664. The Morgan fingerprint density at radius 1 is 0.889 bits per heavy atom. The van der Waals surface area contributed by atoms with E-state index in [4.69, 9.17) is 0 Å². The zero-order valence-corrected chi connectivity index (χ0v) is 19.3. The van der Waals surface area contributed by atoms with Crippen LogP contribution in [0.15, 0.2) is 83.7 Å². The summed E-state index contributed by atoms with van der Waals surface area (Å²) in [4.78, 5) is 41.3. The first-order valence-corrected chi connectivity index (χ1v) is 11.6. The zero-order chi connectivity index (χ0) is 25.2. The Balaban J connectivity index is 1.51. The number of hydrogen-bond acceptors (Lipinski definition) is 5. The molecule has 1 aromatic heterocycles. The van der Waals surface area contributed by atoms with Crippen LogP contribution in [0.5, 0.6) is 0 Å². The van der Waals surface area contributed by atoms with E-state index in [2.05, 4.69) is 0 Å². The summed E-state index contributed by atoms with van der Waals surface area (Å²) in [6.07, 6.45) is 0. The van der Waals surface area contributed by atoms with Crippen LogP contribution >= 0.6 is 0 Å². The van der Waals surface area contributed by atoms with E-state index >= 15 is 0 Å². The molecule has 0 saturated carbocycles. The molecular weight excluding hydrogens is 463 g/mol. The number of piperazine rings is 1. The lowest BCUT2D eigenvalue weighted by atomic mass is 10.1. The number of rotatable bonds is 5. The number of carbonyl (C=O) groups is 1. The van der Waals surface area contributed by atoms with Crippen molar-refractivity contribution in [1.29, 1.82) is 0 Å². The number of hydrogen-bond donors (Lipinski definition) is 0. The molecule has 5 rings (SSSR count). The van der Waals surface area contributed by atoms with Crippen LogP contribution in [0.3, 0.4) is 0 Å². The molecule has 1 saturated heterocycles. The van der Waals surface area contributed by atoms with Crippen LogP contribution in [-0.4, -0.2) is 46.5 Å². The number of amides is 1. The van der Waals surface area contributed by atoms with Gasteiger partial charge in [-0.2, -0.15) is 0 Å². The summed E-state index contributed by atoms with van der Waals surface area (Å²) in [5.74, 6) is -0.648. The van der Waals surface area contributed by atoms with Gasteiger partial charge in [0.05, 0.1) is 17.0 Å². The predicted molar refractivity (Wildman–Crippen MR) is 135 cm³/mol. The lowest BCUT2D eigenvalue weighted by Crippen LogP contribution is -2.49. The number of aromatic nitrogens is 1. The van der Waals surface area contributed by atoms with Gasteiger partial charge in [-0.3, -0.25) is 24.3 Å². The molecule has 0 atom stereocenters. The number of nitro groups is 1. The molecule has 8 nitrogen and oxygen atoms in total. The van der Waals surface area contributed by atoms with E-state index in [1.165, 1.54) is 28.8 Å². The first-order chi connectivity index (χ1) is 17.4. The quantitative estimate of drug-likeness (QED) is 0.314. The van der Waals surface area contributed by atoms with Gasteiger partial charge in [-0.05, 0) is 35.9 Å². The molecule has 0 radical (unpaired) electrons. The molecule has 0 bridgehead atoms. The maximum Gasteiger partial charge on any atom is 0.357 e. The van der Waals surface area contributed by atoms with Crippen LogP contribution in [0.4, 0.5) is 15.8 Å². The van der Waals surface area contributed by atoms with E-state index in [0.717, 1.165) is 5.56 Å². The topological polar surface area (TPSA) is 88.7 Å². The Hall–Kier alpha value is -4.53. The molecule has 1 aliphatic heterocycles. The van der Waals surface area contributed by atoms with E-state index in [-0.39, 0.29) is 18.1 Å². The summed E-state index contributed by atoms with van der Waals surface area (Å²) >= 11 is 0. The molecule has 0 unspecified atom stereocenters. The summed E-state index contributed by atoms with van der Waals surface area (Å²) in [7, 11) is 0. The van der Waals surface area contributed by atoms with Crippen LogP contribution in [0.1, 0.15) is 15.9 Å². The highest BCUT2D eigenvalue weighted by atomic mass is 19.1. The first kappa shape index (κ1) is 23.2. The second-order valence-electron chi connectivity index (χ2n) is 8.63. The van der Waals surface area contributed by atoms with Gasteiger partial charge >= 0.3 is 11.2 Å². The van der Waals surface area contributed by atoms with Gasteiger partial charge in [0.2, 0.25) is 0 Å². The zero-order valence-electron chi connectivity index (χ0n) is 19.3. The predicted octanol–water partition coefficient (Wildman–Crippen LogP) is 4.06. The van der Waals surface area contributed by atoms with E-state index in [1.54, 1.807) is 29.2 Å². The molecule has 0 aliphatic carbocycles. The average Bonchev–Trinajstić information content (AvgIpc) is 2.90. The van der Waals surface area contributed by atoms with Crippen molar-refractivity contribution in [3.8, 4) is 0 Å². The summed E-state index contributed by atoms with van der Waals surface area (Å²) in [5.41, 5.74) is 0.991.